The smallest absolute Gasteiger partial charge is 0.248 e. The van der Waals surface area contributed by atoms with E-state index in [1.165, 1.54) is 5.56 Å². The molecule has 1 saturated carbocycles. The van der Waals surface area contributed by atoms with Crippen LogP contribution in [0.4, 0.5) is 0 Å². The van der Waals surface area contributed by atoms with Gasteiger partial charge in [0.1, 0.15) is 11.5 Å². The Kier molecular flexibility index (Phi) is 4.35. The van der Waals surface area contributed by atoms with Crippen LogP contribution in [0, 0.1) is 13.8 Å². The van der Waals surface area contributed by atoms with Gasteiger partial charge < -0.3 is 9.72 Å². The number of ketones is 1. The van der Waals surface area contributed by atoms with Gasteiger partial charge in [-0.2, -0.15) is 0 Å². The number of Topliss-reactive ketones (excluding diaryl/α,β-unsaturated/α-hetero) is 1. The Morgan fingerprint density at radius 3 is 2.77 bits per heavy atom. The SMILES string of the molecule is Cc1cc(CC(=O)C2(c3ccc4c(c3)CCO4)CC2)nc(-c2cc[nH]c(=O)c2)c1C. The van der Waals surface area contributed by atoms with Crippen molar-refractivity contribution < 1.29 is 9.53 Å². The lowest BCUT2D eigenvalue weighted by Crippen LogP contribution is -2.23. The second-order valence-electron chi connectivity index (χ2n) is 8.45. The Labute approximate surface area is 175 Å². The molecular formula is C25H24N2O3. The molecule has 2 aromatic heterocycles. The molecular weight excluding hydrogens is 376 g/mol. The van der Waals surface area contributed by atoms with Crippen molar-refractivity contribution in [3.05, 3.63) is 80.9 Å². The van der Waals surface area contributed by atoms with Crippen molar-refractivity contribution in [3.63, 3.8) is 0 Å². The number of hydrogen-bond acceptors (Lipinski definition) is 4. The summed E-state index contributed by atoms with van der Waals surface area (Å²) in [7, 11) is 0. The minimum atomic E-state index is -0.387. The fraction of sp³-hybridized carbons (Fsp3) is 0.320. The Morgan fingerprint density at radius 2 is 2.00 bits per heavy atom. The molecule has 152 valence electrons. The van der Waals surface area contributed by atoms with E-state index < -0.39 is 0 Å². The van der Waals surface area contributed by atoms with Crippen LogP contribution >= 0.6 is 0 Å². The number of carbonyl (C=O) groups is 1. The topological polar surface area (TPSA) is 72.0 Å². The highest BCUT2D eigenvalue weighted by atomic mass is 16.5. The number of ether oxygens (including phenoxy) is 1. The zero-order chi connectivity index (χ0) is 20.9. The lowest BCUT2D eigenvalue weighted by Gasteiger charge is -2.17. The Hall–Kier alpha value is -3.21. The molecule has 0 spiro atoms. The average Bonchev–Trinajstić information content (AvgIpc) is 3.41. The van der Waals surface area contributed by atoms with E-state index in [1.54, 1.807) is 12.3 Å². The molecule has 5 rings (SSSR count). The van der Waals surface area contributed by atoms with Crippen LogP contribution in [0.5, 0.6) is 5.75 Å². The summed E-state index contributed by atoms with van der Waals surface area (Å²) < 4.78 is 5.61. The molecule has 2 aliphatic rings. The number of aryl methyl sites for hydroxylation is 1. The molecule has 1 fully saturated rings. The first-order valence-corrected chi connectivity index (χ1v) is 10.4. The summed E-state index contributed by atoms with van der Waals surface area (Å²) >= 11 is 0. The van der Waals surface area contributed by atoms with Crippen molar-refractivity contribution >= 4 is 5.78 Å². The maximum Gasteiger partial charge on any atom is 0.248 e. The molecule has 3 heterocycles. The van der Waals surface area contributed by atoms with E-state index in [0.717, 1.165) is 65.3 Å². The number of pyridine rings is 2. The third kappa shape index (κ3) is 3.15. The minimum Gasteiger partial charge on any atom is -0.493 e. The van der Waals surface area contributed by atoms with Gasteiger partial charge in [-0.1, -0.05) is 12.1 Å². The van der Waals surface area contributed by atoms with Crippen LogP contribution in [0.15, 0.2) is 47.4 Å². The van der Waals surface area contributed by atoms with Gasteiger partial charge in [-0.15, -0.1) is 0 Å². The van der Waals surface area contributed by atoms with Crippen LogP contribution in [0.3, 0.4) is 0 Å². The molecule has 1 aliphatic carbocycles. The normalized spacial score (nSPS) is 16.1. The zero-order valence-corrected chi connectivity index (χ0v) is 17.2. The van der Waals surface area contributed by atoms with Crippen molar-refractivity contribution in [2.45, 2.75) is 44.9 Å². The van der Waals surface area contributed by atoms with Crippen LogP contribution in [0.25, 0.3) is 11.3 Å². The van der Waals surface area contributed by atoms with Gasteiger partial charge in [-0.05, 0) is 67.1 Å². The van der Waals surface area contributed by atoms with Crippen molar-refractivity contribution in [3.8, 4) is 17.0 Å². The summed E-state index contributed by atoms with van der Waals surface area (Å²) in [6.07, 6.45) is 4.60. The first-order chi connectivity index (χ1) is 14.5. The monoisotopic (exact) mass is 400 g/mol. The summed E-state index contributed by atoms with van der Waals surface area (Å²) in [6, 6.07) is 11.6. The number of fused-ring (bicyclic) bond motifs is 1. The molecule has 0 atom stereocenters. The molecule has 1 N–H and O–H groups in total. The van der Waals surface area contributed by atoms with Gasteiger partial charge in [-0.3, -0.25) is 14.6 Å². The summed E-state index contributed by atoms with van der Waals surface area (Å²) in [5.74, 6) is 1.16. The number of H-pyrrole nitrogens is 1. The van der Waals surface area contributed by atoms with Crippen LogP contribution in [-0.4, -0.2) is 22.4 Å². The molecule has 5 nitrogen and oxygen atoms in total. The second kappa shape index (κ2) is 6.94. The number of nitrogens with zero attached hydrogens (tertiary/aromatic N) is 1. The summed E-state index contributed by atoms with van der Waals surface area (Å²) in [5.41, 5.74) is 6.15. The lowest BCUT2D eigenvalue weighted by molar-refractivity contribution is -0.120. The number of aromatic amines is 1. The predicted molar refractivity (Wildman–Crippen MR) is 115 cm³/mol. The van der Waals surface area contributed by atoms with Crippen LogP contribution in [0.1, 0.15) is 40.8 Å². The van der Waals surface area contributed by atoms with E-state index >= 15 is 0 Å². The lowest BCUT2D eigenvalue weighted by atomic mass is 9.87. The largest absolute Gasteiger partial charge is 0.493 e. The zero-order valence-electron chi connectivity index (χ0n) is 17.2. The van der Waals surface area contributed by atoms with Crippen molar-refractivity contribution in [1.82, 2.24) is 9.97 Å². The van der Waals surface area contributed by atoms with Gasteiger partial charge in [0.25, 0.3) is 0 Å². The Balaban J connectivity index is 1.46. The fourth-order valence-corrected chi connectivity index (χ4v) is 4.44. The number of hydrogen-bond donors (Lipinski definition) is 1. The molecule has 1 aliphatic heterocycles. The number of nitrogens with one attached hydrogen (secondary N) is 1. The molecule has 0 radical (unpaired) electrons. The number of benzene rings is 1. The number of carbonyl (C=O) groups excluding carboxylic acids is 1. The standard InChI is InChI=1S/C25H24N2O3/c1-15-11-20(27-24(16(15)2)18-5-9-26-23(29)13-18)14-22(28)25(7-8-25)19-3-4-21-17(12-19)6-10-30-21/h3-5,9,11-13H,6-8,10,14H2,1-2H3,(H,26,29). The Bertz CT molecular complexity index is 1220. The van der Waals surface area contributed by atoms with E-state index in [1.807, 2.05) is 38.1 Å². The highest BCUT2D eigenvalue weighted by Crippen LogP contribution is 2.50. The first-order valence-electron chi connectivity index (χ1n) is 10.4. The maximum absolute atomic E-state index is 13.4. The van der Waals surface area contributed by atoms with Crippen molar-refractivity contribution in [2.75, 3.05) is 6.61 Å². The van der Waals surface area contributed by atoms with Gasteiger partial charge in [0.05, 0.1) is 17.7 Å². The number of aromatic nitrogens is 2. The van der Waals surface area contributed by atoms with Gasteiger partial charge in [0.2, 0.25) is 5.56 Å². The molecule has 3 aromatic rings. The molecule has 0 bridgehead atoms. The summed E-state index contributed by atoms with van der Waals surface area (Å²) in [5, 5.41) is 0. The predicted octanol–water partition coefficient (Wildman–Crippen LogP) is 3.83. The highest BCUT2D eigenvalue weighted by Gasteiger charge is 2.50. The highest BCUT2D eigenvalue weighted by molar-refractivity contribution is 5.94. The second-order valence-corrected chi connectivity index (χ2v) is 8.45. The maximum atomic E-state index is 13.4. The van der Waals surface area contributed by atoms with Crippen molar-refractivity contribution in [2.24, 2.45) is 0 Å². The third-order valence-corrected chi connectivity index (χ3v) is 6.50. The van der Waals surface area contributed by atoms with E-state index in [-0.39, 0.29) is 16.8 Å². The fourth-order valence-electron chi connectivity index (χ4n) is 4.44. The average molecular weight is 400 g/mol. The third-order valence-electron chi connectivity index (χ3n) is 6.50. The van der Waals surface area contributed by atoms with Crippen LogP contribution < -0.4 is 10.3 Å². The van der Waals surface area contributed by atoms with E-state index in [4.69, 9.17) is 9.72 Å². The Morgan fingerprint density at radius 1 is 1.17 bits per heavy atom. The van der Waals surface area contributed by atoms with Crippen LogP contribution in [0.2, 0.25) is 0 Å². The summed E-state index contributed by atoms with van der Waals surface area (Å²) in [6.45, 7) is 4.74. The van der Waals surface area contributed by atoms with Crippen LogP contribution in [-0.2, 0) is 23.1 Å². The van der Waals surface area contributed by atoms with Gasteiger partial charge in [-0.25, -0.2) is 0 Å². The van der Waals surface area contributed by atoms with E-state index in [0.29, 0.717) is 6.42 Å². The van der Waals surface area contributed by atoms with E-state index in [2.05, 4.69) is 11.1 Å². The number of rotatable bonds is 5. The first kappa shape index (κ1) is 18.8. The quantitative estimate of drug-likeness (QED) is 0.706. The van der Waals surface area contributed by atoms with Gasteiger partial charge in [0.15, 0.2) is 0 Å². The van der Waals surface area contributed by atoms with E-state index in [9.17, 15) is 9.59 Å². The van der Waals surface area contributed by atoms with Crippen molar-refractivity contribution in [1.29, 1.82) is 0 Å². The molecule has 0 amide bonds. The molecule has 1 aromatic carbocycles. The molecule has 5 heteroatoms. The summed E-state index contributed by atoms with van der Waals surface area (Å²) in [4.78, 5) is 32.5. The molecule has 0 unspecified atom stereocenters. The minimum absolute atomic E-state index is 0.162. The van der Waals surface area contributed by atoms with Gasteiger partial charge >= 0.3 is 0 Å². The molecule has 0 saturated heterocycles. The van der Waals surface area contributed by atoms with Gasteiger partial charge in [0, 0.05) is 36.4 Å². The molecule has 30 heavy (non-hydrogen) atoms.